The van der Waals surface area contributed by atoms with Crippen LogP contribution in [0.15, 0.2) is 24.3 Å². The Morgan fingerprint density at radius 2 is 1.65 bits per heavy atom. The molecular weight excluding hydrogens is 236 g/mol. The SMILES string of the molecule is CC(C)c1cccc(C(C(=O)O)C(C)C)c1.Cl. The van der Waals surface area contributed by atoms with Crippen molar-refractivity contribution < 1.29 is 9.90 Å². The molecule has 0 spiro atoms. The van der Waals surface area contributed by atoms with Gasteiger partial charge in [-0.05, 0) is 23.0 Å². The van der Waals surface area contributed by atoms with E-state index in [2.05, 4.69) is 13.8 Å². The molecule has 1 aromatic carbocycles. The molecule has 3 heteroatoms. The van der Waals surface area contributed by atoms with Crippen LogP contribution in [0.25, 0.3) is 0 Å². The van der Waals surface area contributed by atoms with Crippen LogP contribution in [0.3, 0.4) is 0 Å². The number of rotatable bonds is 4. The van der Waals surface area contributed by atoms with Gasteiger partial charge in [0.25, 0.3) is 0 Å². The van der Waals surface area contributed by atoms with Crippen molar-refractivity contribution in [2.75, 3.05) is 0 Å². The van der Waals surface area contributed by atoms with Gasteiger partial charge in [0, 0.05) is 0 Å². The van der Waals surface area contributed by atoms with Gasteiger partial charge in [-0.3, -0.25) is 4.79 Å². The standard InChI is InChI=1S/C14H20O2.ClH/c1-9(2)11-6-5-7-12(8-11)13(10(3)4)14(15)16;/h5-10,13H,1-4H3,(H,15,16);1H. The highest BCUT2D eigenvalue weighted by molar-refractivity contribution is 5.85. The van der Waals surface area contributed by atoms with Crippen LogP contribution in [0.4, 0.5) is 0 Å². The van der Waals surface area contributed by atoms with Crippen LogP contribution >= 0.6 is 12.4 Å². The summed E-state index contributed by atoms with van der Waals surface area (Å²) in [7, 11) is 0. The molecule has 0 radical (unpaired) electrons. The molecule has 1 unspecified atom stereocenters. The lowest BCUT2D eigenvalue weighted by molar-refractivity contribution is -0.139. The topological polar surface area (TPSA) is 37.3 Å². The van der Waals surface area contributed by atoms with E-state index in [1.807, 2.05) is 38.1 Å². The molecule has 0 heterocycles. The number of carboxylic acid groups (broad SMARTS) is 1. The van der Waals surface area contributed by atoms with Gasteiger partial charge in [0.05, 0.1) is 5.92 Å². The molecular formula is C14H21ClO2. The molecule has 0 aliphatic rings. The molecule has 0 bridgehead atoms. The van der Waals surface area contributed by atoms with E-state index in [0.717, 1.165) is 5.56 Å². The van der Waals surface area contributed by atoms with E-state index >= 15 is 0 Å². The van der Waals surface area contributed by atoms with Gasteiger partial charge in [0.1, 0.15) is 0 Å². The number of halogens is 1. The van der Waals surface area contributed by atoms with Crippen molar-refractivity contribution in [1.29, 1.82) is 0 Å². The van der Waals surface area contributed by atoms with E-state index < -0.39 is 11.9 Å². The lowest BCUT2D eigenvalue weighted by Gasteiger charge is -2.18. The molecule has 0 aliphatic heterocycles. The number of benzene rings is 1. The number of hydrogen-bond donors (Lipinski definition) is 1. The molecule has 1 aromatic rings. The zero-order chi connectivity index (χ0) is 12.3. The van der Waals surface area contributed by atoms with Crippen molar-refractivity contribution >= 4 is 18.4 Å². The van der Waals surface area contributed by atoms with Gasteiger partial charge in [0.2, 0.25) is 0 Å². The van der Waals surface area contributed by atoms with Crippen LogP contribution in [0.2, 0.25) is 0 Å². The zero-order valence-electron chi connectivity index (χ0n) is 10.8. The molecule has 0 aliphatic carbocycles. The second-order valence-electron chi connectivity index (χ2n) is 4.88. The average Bonchev–Trinajstić information content (AvgIpc) is 2.16. The summed E-state index contributed by atoms with van der Waals surface area (Å²) in [5.74, 6) is -0.601. The summed E-state index contributed by atoms with van der Waals surface area (Å²) in [6, 6.07) is 7.92. The van der Waals surface area contributed by atoms with Crippen molar-refractivity contribution in [2.45, 2.75) is 39.5 Å². The summed E-state index contributed by atoms with van der Waals surface area (Å²) in [5.41, 5.74) is 2.11. The highest BCUT2D eigenvalue weighted by Crippen LogP contribution is 2.27. The lowest BCUT2D eigenvalue weighted by atomic mass is 9.86. The summed E-state index contributed by atoms with van der Waals surface area (Å²) < 4.78 is 0. The largest absolute Gasteiger partial charge is 0.481 e. The Morgan fingerprint density at radius 3 is 2.06 bits per heavy atom. The molecule has 17 heavy (non-hydrogen) atoms. The number of hydrogen-bond acceptors (Lipinski definition) is 1. The minimum atomic E-state index is -0.740. The monoisotopic (exact) mass is 256 g/mol. The Kier molecular flexibility index (Phi) is 6.25. The molecule has 1 atom stereocenters. The minimum Gasteiger partial charge on any atom is -0.481 e. The summed E-state index contributed by atoms with van der Waals surface area (Å²) in [5, 5.41) is 9.23. The van der Waals surface area contributed by atoms with Crippen LogP contribution in [-0.2, 0) is 4.79 Å². The molecule has 1 N–H and O–H groups in total. The fourth-order valence-electron chi connectivity index (χ4n) is 1.92. The second kappa shape index (κ2) is 6.65. The summed E-state index contributed by atoms with van der Waals surface area (Å²) in [6.45, 7) is 8.12. The first kappa shape index (κ1) is 16.0. The maximum atomic E-state index is 11.2. The van der Waals surface area contributed by atoms with E-state index in [1.54, 1.807) is 0 Å². The Balaban J connectivity index is 0.00000256. The van der Waals surface area contributed by atoms with Crippen LogP contribution in [0.1, 0.15) is 50.7 Å². The van der Waals surface area contributed by atoms with Crippen molar-refractivity contribution in [3.05, 3.63) is 35.4 Å². The quantitative estimate of drug-likeness (QED) is 0.882. The molecule has 1 rings (SSSR count). The van der Waals surface area contributed by atoms with Gasteiger partial charge in [0.15, 0.2) is 0 Å². The number of carboxylic acids is 1. The summed E-state index contributed by atoms with van der Waals surface area (Å²) >= 11 is 0. The maximum absolute atomic E-state index is 11.2. The predicted octanol–water partition coefficient (Wildman–Crippen LogP) is 4.06. The molecule has 0 aromatic heterocycles. The van der Waals surface area contributed by atoms with Crippen LogP contribution < -0.4 is 0 Å². The first-order chi connectivity index (χ1) is 7.43. The normalized spacial score (nSPS) is 12.4. The van der Waals surface area contributed by atoms with Crippen molar-refractivity contribution in [1.82, 2.24) is 0 Å². The molecule has 0 amide bonds. The molecule has 0 saturated carbocycles. The van der Waals surface area contributed by atoms with Crippen molar-refractivity contribution in [2.24, 2.45) is 5.92 Å². The molecule has 2 nitrogen and oxygen atoms in total. The summed E-state index contributed by atoms with van der Waals surface area (Å²) in [6.07, 6.45) is 0. The van der Waals surface area contributed by atoms with Gasteiger partial charge in [-0.25, -0.2) is 0 Å². The third kappa shape index (κ3) is 4.04. The van der Waals surface area contributed by atoms with Gasteiger partial charge >= 0.3 is 5.97 Å². The fourth-order valence-corrected chi connectivity index (χ4v) is 1.92. The molecule has 0 fully saturated rings. The van der Waals surface area contributed by atoms with E-state index in [4.69, 9.17) is 0 Å². The number of carbonyl (C=O) groups is 1. The third-order valence-corrected chi connectivity index (χ3v) is 2.87. The first-order valence-electron chi connectivity index (χ1n) is 5.76. The van der Waals surface area contributed by atoms with Crippen molar-refractivity contribution in [3.8, 4) is 0 Å². The zero-order valence-corrected chi connectivity index (χ0v) is 11.6. The third-order valence-electron chi connectivity index (χ3n) is 2.87. The van der Waals surface area contributed by atoms with E-state index in [9.17, 15) is 9.90 Å². The molecule has 0 saturated heterocycles. The smallest absolute Gasteiger partial charge is 0.311 e. The van der Waals surface area contributed by atoms with E-state index in [-0.39, 0.29) is 18.3 Å². The molecule has 96 valence electrons. The van der Waals surface area contributed by atoms with Crippen LogP contribution in [0.5, 0.6) is 0 Å². The highest BCUT2D eigenvalue weighted by atomic mass is 35.5. The predicted molar refractivity (Wildman–Crippen MR) is 73.0 cm³/mol. The lowest BCUT2D eigenvalue weighted by Crippen LogP contribution is -2.17. The Morgan fingerprint density at radius 1 is 1.12 bits per heavy atom. The van der Waals surface area contributed by atoms with Crippen LogP contribution in [-0.4, -0.2) is 11.1 Å². The average molecular weight is 257 g/mol. The van der Waals surface area contributed by atoms with Gasteiger partial charge < -0.3 is 5.11 Å². The summed E-state index contributed by atoms with van der Waals surface area (Å²) in [4.78, 5) is 11.2. The van der Waals surface area contributed by atoms with Crippen LogP contribution in [0, 0.1) is 5.92 Å². The Hall–Kier alpha value is -1.02. The Bertz CT molecular complexity index is 372. The minimum absolute atomic E-state index is 0. The number of aliphatic carboxylic acids is 1. The van der Waals surface area contributed by atoms with Gasteiger partial charge in [-0.1, -0.05) is 52.0 Å². The Labute approximate surface area is 109 Å². The van der Waals surface area contributed by atoms with E-state index in [0.29, 0.717) is 5.92 Å². The fraction of sp³-hybridized carbons (Fsp3) is 0.500. The van der Waals surface area contributed by atoms with Crippen molar-refractivity contribution in [3.63, 3.8) is 0 Å². The van der Waals surface area contributed by atoms with Gasteiger partial charge in [-0.2, -0.15) is 0 Å². The first-order valence-corrected chi connectivity index (χ1v) is 5.76. The second-order valence-corrected chi connectivity index (χ2v) is 4.88. The van der Waals surface area contributed by atoms with E-state index in [1.165, 1.54) is 5.56 Å². The van der Waals surface area contributed by atoms with Gasteiger partial charge in [-0.15, -0.1) is 12.4 Å². The maximum Gasteiger partial charge on any atom is 0.311 e. The highest BCUT2D eigenvalue weighted by Gasteiger charge is 2.23.